The molecule has 2 amide bonds. The number of nitrogens with one attached hydrogen (secondary N) is 1. The number of methoxy groups -OCH3 is 1. The Morgan fingerprint density at radius 3 is 2.88 bits per heavy atom. The van der Waals surface area contributed by atoms with E-state index < -0.39 is 0 Å². The summed E-state index contributed by atoms with van der Waals surface area (Å²) in [5, 5.41) is 9.59. The zero-order valence-corrected chi connectivity index (χ0v) is 15.6. The van der Waals surface area contributed by atoms with Crippen molar-refractivity contribution in [3.63, 3.8) is 0 Å². The molecule has 26 heavy (non-hydrogen) atoms. The molecule has 3 aromatic rings. The van der Waals surface area contributed by atoms with Crippen LogP contribution in [0.1, 0.15) is 30.0 Å². The lowest BCUT2D eigenvalue weighted by atomic mass is 10.1. The molecule has 0 saturated carbocycles. The molecule has 1 fully saturated rings. The Labute approximate surface area is 157 Å². The number of carbonyl (C=O) groups excluding carboxylic acids is 1. The highest BCUT2D eigenvalue weighted by Gasteiger charge is 2.29. The quantitative estimate of drug-likeness (QED) is 0.709. The first kappa shape index (κ1) is 16.9. The van der Waals surface area contributed by atoms with Gasteiger partial charge in [0.05, 0.1) is 13.2 Å². The summed E-state index contributed by atoms with van der Waals surface area (Å²) >= 11 is 1.69. The van der Waals surface area contributed by atoms with Crippen LogP contribution in [0.4, 0.5) is 4.79 Å². The van der Waals surface area contributed by atoms with Crippen LogP contribution in [0, 0.1) is 0 Å². The standard InChI is InChI=1S/C21H22N2O2S/c1-25-19-7-6-16-11-15(4-5-17(16)12-19)13-22-21(24)23-9-2-3-20(23)18-8-10-26-14-18/h4-8,10-12,14,20H,2-3,9,13H2,1H3,(H,22,24)/t20-/m1/s1. The summed E-state index contributed by atoms with van der Waals surface area (Å²) in [6.07, 6.45) is 2.10. The van der Waals surface area contributed by atoms with Crippen LogP contribution in [-0.2, 0) is 6.54 Å². The SMILES string of the molecule is COc1ccc2cc(CNC(=O)N3CCC[C@@H]3c3ccsc3)ccc2c1. The summed E-state index contributed by atoms with van der Waals surface area (Å²) in [5.41, 5.74) is 2.35. The topological polar surface area (TPSA) is 41.6 Å². The van der Waals surface area contributed by atoms with Crippen LogP contribution in [-0.4, -0.2) is 24.6 Å². The molecule has 4 rings (SSSR count). The van der Waals surface area contributed by atoms with Gasteiger partial charge in [0.15, 0.2) is 0 Å². The first-order valence-electron chi connectivity index (χ1n) is 8.88. The van der Waals surface area contributed by atoms with Crippen molar-refractivity contribution in [2.24, 2.45) is 0 Å². The van der Waals surface area contributed by atoms with Crippen LogP contribution in [0.3, 0.4) is 0 Å². The number of benzene rings is 2. The molecule has 0 spiro atoms. The van der Waals surface area contributed by atoms with Crippen molar-refractivity contribution in [2.45, 2.75) is 25.4 Å². The Morgan fingerprint density at radius 2 is 2.08 bits per heavy atom. The van der Waals surface area contributed by atoms with Gasteiger partial charge in [-0.15, -0.1) is 0 Å². The third-order valence-electron chi connectivity index (χ3n) is 5.00. The first-order valence-corrected chi connectivity index (χ1v) is 9.82. The number of amides is 2. The molecule has 0 bridgehead atoms. The number of likely N-dealkylation sites (tertiary alicyclic amines) is 1. The summed E-state index contributed by atoms with van der Waals surface area (Å²) in [7, 11) is 1.67. The van der Waals surface area contributed by atoms with Crippen LogP contribution < -0.4 is 10.1 Å². The Morgan fingerprint density at radius 1 is 1.23 bits per heavy atom. The van der Waals surface area contributed by atoms with Gasteiger partial charge in [-0.2, -0.15) is 11.3 Å². The van der Waals surface area contributed by atoms with Gasteiger partial charge in [0.25, 0.3) is 0 Å². The Balaban J connectivity index is 1.43. The van der Waals surface area contributed by atoms with Gasteiger partial charge < -0.3 is 15.0 Å². The molecular weight excluding hydrogens is 344 g/mol. The van der Waals surface area contributed by atoms with Gasteiger partial charge in [0.2, 0.25) is 0 Å². The van der Waals surface area contributed by atoms with Crippen molar-refractivity contribution in [3.05, 3.63) is 64.4 Å². The van der Waals surface area contributed by atoms with Crippen LogP contribution >= 0.6 is 11.3 Å². The number of carbonyl (C=O) groups is 1. The number of thiophene rings is 1. The zero-order valence-electron chi connectivity index (χ0n) is 14.8. The van der Waals surface area contributed by atoms with E-state index in [9.17, 15) is 4.79 Å². The fourth-order valence-electron chi connectivity index (χ4n) is 3.61. The molecule has 1 N–H and O–H groups in total. The van der Waals surface area contributed by atoms with Gasteiger partial charge in [-0.05, 0) is 69.8 Å². The fraction of sp³-hybridized carbons (Fsp3) is 0.286. The minimum absolute atomic E-state index is 0.0218. The van der Waals surface area contributed by atoms with Gasteiger partial charge in [0.1, 0.15) is 5.75 Å². The second kappa shape index (κ2) is 7.38. The van der Waals surface area contributed by atoms with Crippen molar-refractivity contribution in [1.82, 2.24) is 10.2 Å². The number of urea groups is 1. The molecule has 134 valence electrons. The smallest absolute Gasteiger partial charge is 0.318 e. The van der Waals surface area contributed by atoms with E-state index in [1.807, 2.05) is 23.1 Å². The van der Waals surface area contributed by atoms with E-state index >= 15 is 0 Å². The summed E-state index contributed by atoms with van der Waals surface area (Å²) in [6, 6.07) is 14.6. The highest BCUT2D eigenvalue weighted by atomic mass is 32.1. The van der Waals surface area contributed by atoms with Crippen LogP contribution in [0.5, 0.6) is 5.75 Å². The molecule has 1 atom stereocenters. The third-order valence-corrected chi connectivity index (χ3v) is 5.70. The van der Waals surface area contributed by atoms with Gasteiger partial charge in [0, 0.05) is 13.1 Å². The minimum Gasteiger partial charge on any atom is -0.497 e. The number of hydrogen-bond donors (Lipinski definition) is 1. The molecule has 0 unspecified atom stereocenters. The van der Waals surface area contributed by atoms with Crippen molar-refractivity contribution in [1.29, 1.82) is 0 Å². The Hall–Kier alpha value is -2.53. The lowest BCUT2D eigenvalue weighted by Crippen LogP contribution is -2.39. The molecule has 1 aliphatic rings. The van der Waals surface area contributed by atoms with Crippen molar-refractivity contribution in [3.8, 4) is 5.75 Å². The lowest BCUT2D eigenvalue weighted by Gasteiger charge is -2.24. The maximum Gasteiger partial charge on any atom is 0.318 e. The number of nitrogens with zero attached hydrogens (tertiary/aromatic N) is 1. The van der Waals surface area contributed by atoms with Crippen molar-refractivity contribution < 1.29 is 9.53 Å². The number of rotatable bonds is 4. The first-order chi connectivity index (χ1) is 12.7. The van der Waals surface area contributed by atoms with Crippen LogP contribution in [0.25, 0.3) is 10.8 Å². The minimum atomic E-state index is 0.0218. The average molecular weight is 366 g/mol. The van der Waals surface area contributed by atoms with E-state index in [0.717, 1.165) is 41.5 Å². The van der Waals surface area contributed by atoms with Gasteiger partial charge in [-0.1, -0.05) is 18.2 Å². The van der Waals surface area contributed by atoms with Crippen molar-refractivity contribution >= 4 is 28.1 Å². The van der Waals surface area contributed by atoms with E-state index in [1.165, 1.54) is 5.56 Å². The highest BCUT2D eigenvalue weighted by Crippen LogP contribution is 2.33. The molecule has 4 nitrogen and oxygen atoms in total. The molecule has 1 saturated heterocycles. The second-order valence-corrected chi connectivity index (χ2v) is 7.39. The number of hydrogen-bond acceptors (Lipinski definition) is 3. The number of fused-ring (bicyclic) bond motifs is 1. The van der Waals surface area contributed by atoms with Gasteiger partial charge in [-0.25, -0.2) is 4.79 Å². The lowest BCUT2D eigenvalue weighted by molar-refractivity contribution is 0.192. The normalized spacial score (nSPS) is 16.8. The monoisotopic (exact) mass is 366 g/mol. The second-order valence-electron chi connectivity index (χ2n) is 6.61. The van der Waals surface area contributed by atoms with E-state index in [-0.39, 0.29) is 12.1 Å². The van der Waals surface area contributed by atoms with E-state index in [1.54, 1.807) is 18.4 Å². The summed E-state index contributed by atoms with van der Waals surface area (Å²) in [4.78, 5) is 14.6. The largest absolute Gasteiger partial charge is 0.497 e. The molecular formula is C21H22N2O2S. The molecule has 0 radical (unpaired) electrons. The van der Waals surface area contributed by atoms with Crippen LogP contribution in [0.15, 0.2) is 53.2 Å². The predicted octanol–water partition coefficient (Wildman–Crippen LogP) is 4.96. The van der Waals surface area contributed by atoms with E-state index in [2.05, 4.69) is 40.3 Å². The maximum atomic E-state index is 12.7. The van der Waals surface area contributed by atoms with E-state index in [0.29, 0.717) is 6.54 Å². The summed E-state index contributed by atoms with van der Waals surface area (Å²) in [6.45, 7) is 1.36. The van der Waals surface area contributed by atoms with Crippen molar-refractivity contribution in [2.75, 3.05) is 13.7 Å². The molecule has 0 aliphatic carbocycles. The number of ether oxygens (including phenoxy) is 1. The Bertz CT molecular complexity index is 908. The average Bonchev–Trinajstić information content (AvgIpc) is 3.36. The fourth-order valence-corrected chi connectivity index (χ4v) is 4.32. The highest BCUT2D eigenvalue weighted by molar-refractivity contribution is 7.08. The zero-order chi connectivity index (χ0) is 17.9. The molecule has 2 aromatic carbocycles. The summed E-state index contributed by atoms with van der Waals surface area (Å²) < 4.78 is 5.27. The molecule has 1 aliphatic heterocycles. The molecule has 5 heteroatoms. The van der Waals surface area contributed by atoms with Crippen LogP contribution in [0.2, 0.25) is 0 Å². The van der Waals surface area contributed by atoms with Gasteiger partial charge in [-0.3, -0.25) is 0 Å². The predicted molar refractivity (Wildman–Crippen MR) is 106 cm³/mol. The molecule has 1 aromatic heterocycles. The van der Waals surface area contributed by atoms with Gasteiger partial charge >= 0.3 is 6.03 Å². The maximum absolute atomic E-state index is 12.7. The third kappa shape index (κ3) is 3.40. The van der Waals surface area contributed by atoms with E-state index in [4.69, 9.17) is 4.74 Å². The Kier molecular flexibility index (Phi) is 4.80. The summed E-state index contributed by atoms with van der Waals surface area (Å²) in [5.74, 6) is 0.854. The molecule has 2 heterocycles.